The van der Waals surface area contributed by atoms with Crippen LogP contribution in [0, 0.1) is 28.6 Å². The van der Waals surface area contributed by atoms with Crippen LogP contribution in [-0.2, 0) is 17.5 Å². The Hall–Kier alpha value is -5.62. The van der Waals surface area contributed by atoms with Crippen LogP contribution in [0.25, 0.3) is 0 Å². The van der Waals surface area contributed by atoms with Gasteiger partial charge in [-0.1, -0.05) is 48.5 Å². The fourth-order valence-electron chi connectivity index (χ4n) is 5.25. The van der Waals surface area contributed by atoms with Crippen molar-refractivity contribution < 1.29 is 22.7 Å². The first-order chi connectivity index (χ1) is 21.7. The Morgan fingerprint density at radius 3 is 2.40 bits per heavy atom. The Morgan fingerprint density at radius 2 is 1.76 bits per heavy atom. The molecule has 226 valence electrons. The van der Waals surface area contributed by atoms with Gasteiger partial charge in [-0.25, -0.2) is 14.4 Å². The molecule has 1 fully saturated rings. The standard InChI is InChI=1S/C33H26F3N7O2/c1-21-28(18-38)29(25-14-12-22(17-37)13-15-25)43-31(42(21)27-9-5-8-26(16-27)33(34,35)36)39-30(40-43)41(19-23-10-11-23)32(44)45-20-24-6-3-2-4-7-24/h2-9,12-16,23,29H,10-11,19-20H2,1H3/t29-/m1/s1. The molecule has 0 bridgehead atoms. The van der Waals surface area contributed by atoms with Gasteiger partial charge in [-0.05, 0) is 67.1 Å². The van der Waals surface area contributed by atoms with Crippen LogP contribution in [0.4, 0.5) is 35.5 Å². The summed E-state index contributed by atoms with van der Waals surface area (Å²) in [6.07, 6.45) is -3.44. The maximum atomic E-state index is 13.7. The van der Waals surface area contributed by atoms with E-state index in [1.807, 2.05) is 30.3 Å². The molecule has 1 amide bonds. The minimum Gasteiger partial charge on any atom is -0.444 e. The lowest BCUT2D eigenvalue weighted by Gasteiger charge is -2.34. The van der Waals surface area contributed by atoms with E-state index in [0.29, 0.717) is 23.4 Å². The van der Waals surface area contributed by atoms with E-state index in [0.717, 1.165) is 30.5 Å². The first kappa shape index (κ1) is 29.5. The highest BCUT2D eigenvalue weighted by molar-refractivity contribution is 5.86. The third-order valence-electron chi connectivity index (χ3n) is 7.76. The topological polar surface area (TPSA) is 111 Å². The molecule has 0 N–H and O–H groups in total. The number of amides is 1. The number of nitrogens with zero attached hydrogens (tertiary/aromatic N) is 7. The average Bonchev–Trinajstić information content (AvgIpc) is 3.78. The van der Waals surface area contributed by atoms with Gasteiger partial charge in [0.15, 0.2) is 0 Å². The molecule has 0 unspecified atom stereocenters. The van der Waals surface area contributed by atoms with Crippen LogP contribution in [0.2, 0.25) is 0 Å². The summed E-state index contributed by atoms with van der Waals surface area (Å²) in [5.41, 5.74) is 1.62. The number of hydrogen-bond donors (Lipinski definition) is 0. The van der Waals surface area contributed by atoms with Gasteiger partial charge in [0.25, 0.3) is 5.95 Å². The van der Waals surface area contributed by atoms with Crippen molar-refractivity contribution in [2.75, 3.05) is 16.3 Å². The number of hydrogen-bond acceptors (Lipinski definition) is 7. The van der Waals surface area contributed by atoms with Crippen molar-refractivity contribution in [1.82, 2.24) is 14.8 Å². The second-order valence-corrected chi connectivity index (χ2v) is 10.9. The number of allylic oxidation sites excluding steroid dienone is 2. The zero-order chi connectivity index (χ0) is 31.7. The highest BCUT2D eigenvalue weighted by Gasteiger charge is 2.39. The molecule has 45 heavy (non-hydrogen) atoms. The second-order valence-electron chi connectivity index (χ2n) is 10.9. The van der Waals surface area contributed by atoms with Crippen molar-refractivity contribution in [3.8, 4) is 12.1 Å². The summed E-state index contributed by atoms with van der Waals surface area (Å²) < 4.78 is 48.3. The largest absolute Gasteiger partial charge is 0.444 e. The van der Waals surface area contributed by atoms with Crippen molar-refractivity contribution in [1.29, 1.82) is 10.5 Å². The van der Waals surface area contributed by atoms with Crippen molar-refractivity contribution in [3.05, 3.63) is 112 Å². The number of fused-ring (bicyclic) bond motifs is 1. The SMILES string of the molecule is CC1=C(C#N)[C@@H](c2ccc(C#N)cc2)n2nc(N(CC3CC3)C(=O)OCc3ccccc3)nc2N1c1cccc(C(F)(F)F)c1. The van der Waals surface area contributed by atoms with E-state index in [-0.39, 0.29) is 35.7 Å². The molecule has 1 aromatic heterocycles. The zero-order valence-electron chi connectivity index (χ0n) is 24.1. The number of alkyl halides is 3. The van der Waals surface area contributed by atoms with E-state index in [4.69, 9.17) is 14.8 Å². The summed E-state index contributed by atoms with van der Waals surface area (Å²) in [5, 5.41) is 24.4. The third kappa shape index (κ3) is 5.95. The lowest BCUT2D eigenvalue weighted by Crippen LogP contribution is -2.34. The molecular formula is C33H26F3N7O2. The molecular weight excluding hydrogens is 583 g/mol. The maximum Gasteiger partial charge on any atom is 0.417 e. The van der Waals surface area contributed by atoms with Crippen molar-refractivity contribution in [2.45, 2.75) is 38.6 Å². The van der Waals surface area contributed by atoms with Crippen molar-refractivity contribution >= 4 is 23.7 Å². The van der Waals surface area contributed by atoms with Gasteiger partial charge >= 0.3 is 12.3 Å². The number of aromatic nitrogens is 3. The minimum atomic E-state index is -4.60. The van der Waals surface area contributed by atoms with Crippen LogP contribution in [0.1, 0.15) is 48.1 Å². The van der Waals surface area contributed by atoms with Crippen LogP contribution in [0.15, 0.2) is 90.1 Å². The number of halogens is 3. The molecule has 1 saturated carbocycles. The maximum absolute atomic E-state index is 13.7. The molecule has 0 radical (unpaired) electrons. The fraction of sp³-hybridized carbons (Fsp3) is 0.242. The van der Waals surface area contributed by atoms with Crippen LogP contribution in [0.5, 0.6) is 0 Å². The van der Waals surface area contributed by atoms with Crippen molar-refractivity contribution in [2.24, 2.45) is 5.92 Å². The molecule has 1 aliphatic heterocycles. The van der Waals surface area contributed by atoms with Crippen LogP contribution < -0.4 is 9.80 Å². The van der Waals surface area contributed by atoms with Gasteiger partial charge in [0.2, 0.25) is 5.95 Å². The number of ether oxygens (including phenoxy) is 1. The van der Waals surface area contributed by atoms with Gasteiger partial charge in [0.05, 0.1) is 28.8 Å². The van der Waals surface area contributed by atoms with Crippen LogP contribution >= 0.6 is 0 Å². The van der Waals surface area contributed by atoms with E-state index < -0.39 is 23.9 Å². The summed E-state index contributed by atoms with van der Waals surface area (Å²) in [6, 6.07) is 24.0. The lowest BCUT2D eigenvalue weighted by molar-refractivity contribution is -0.137. The summed E-state index contributed by atoms with van der Waals surface area (Å²) >= 11 is 0. The quantitative estimate of drug-likeness (QED) is 0.217. The van der Waals surface area contributed by atoms with E-state index in [1.54, 1.807) is 31.2 Å². The summed E-state index contributed by atoms with van der Waals surface area (Å²) in [6.45, 7) is 1.95. The Kier molecular flexibility index (Phi) is 7.73. The predicted molar refractivity (Wildman–Crippen MR) is 158 cm³/mol. The van der Waals surface area contributed by atoms with Crippen LogP contribution in [-0.4, -0.2) is 27.4 Å². The number of carbonyl (C=O) groups excluding carboxylic acids is 1. The third-order valence-corrected chi connectivity index (χ3v) is 7.76. The average molecular weight is 610 g/mol. The Labute approximate surface area is 257 Å². The highest BCUT2D eigenvalue weighted by Crippen LogP contribution is 2.44. The van der Waals surface area contributed by atoms with Gasteiger partial charge in [-0.3, -0.25) is 4.90 Å². The number of carbonyl (C=O) groups is 1. The van der Waals surface area contributed by atoms with Gasteiger partial charge in [-0.2, -0.15) is 28.7 Å². The van der Waals surface area contributed by atoms with E-state index >= 15 is 0 Å². The summed E-state index contributed by atoms with van der Waals surface area (Å²) in [7, 11) is 0. The smallest absolute Gasteiger partial charge is 0.417 e. The van der Waals surface area contributed by atoms with Gasteiger partial charge in [0, 0.05) is 17.9 Å². The Balaban J connectivity index is 1.47. The lowest BCUT2D eigenvalue weighted by atomic mass is 9.95. The fourth-order valence-corrected chi connectivity index (χ4v) is 5.25. The molecule has 4 aromatic rings. The molecule has 1 atom stereocenters. The molecule has 2 heterocycles. The van der Waals surface area contributed by atoms with E-state index in [9.17, 15) is 28.5 Å². The minimum absolute atomic E-state index is 0.00225. The first-order valence-electron chi connectivity index (χ1n) is 14.2. The normalized spacial score (nSPS) is 16.0. The van der Waals surface area contributed by atoms with E-state index in [2.05, 4.69) is 12.1 Å². The van der Waals surface area contributed by atoms with Gasteiger partial charge in [-0.15, -0.1) is 5.10 Å². The number of rotatable bonds is 7. The Morgan fingerprint density at radius 1 is 1.02 bits per heavy atom. The molecule has 2 aliphatic rings. The summed E-state index contributed by atoms with van der Waals surface area (Å²) in [5.74, 6) is 0.336. The van der Waals surface area contributed by atoms with Gasteiger partial charge < -0.3 is 4.74 Å². The molecule has 12 heteroatoms. The van der Waals surface area contributed by atoms with Crippen LogP contribution in [0.3, 0.4) is 0 Å². The second kappa shape index (κ2) is 11.8. The predicted octanol–water partition coefficient (Wildman–Crippen LogP) is 7.26. The first-order valence-corrected chi connectivity index (χ1v) is 14.2. The number of benzene rings is 3. The molecule has 6 rings (SSSR count). The number of nitriles is 2. The Bertz CT molecular complexity index is 1850. The summed E-state index contributed by atoms with van der Waals surface area (Å²) in [4.78, 5) is 21.0. The molecule has 0 saturated heterocycles. The highest BCUT2D eigenvalue weighted by atomic mass is 19.4. The molecule has 0 spiro atoms. The molecule has 3 aromatic carbocycles. The van der Waals surface area contributed by atoms with E-state index in [1.165, 1.54) is 26.6 Å². The number of anilines is 3. The van der Waals surface area contributed by atoms with Crippen molar-refractivity contribution in [3.63, 3.8) is 0 Å². The zero-order valence-corrected chi connectivity index (χ0v) is 24.1. The molecule has 1 aliphatic carbocycles. The molecule has 9 nitrogen and oxygen atoms in total. The monoisotopic (exact) mass is 609 g/mol. The van der Waals surface area contributed by atoms with Gasteiger partial charge in [0.1, 0.15) is 12.6 Å².